The van der Waals surface area contributed by atoms with Crippen molar-refractivity contribution in [1.82, 2.24) is 4.72 Å². The summed E-state index contributed by atoms with van der Waals surface area (Å²) in [5.41, 5.74) is 0. The van der Waals surface area contributed by atoms with E-state index in [1.54, 1.807) is 6.92 Å². The number of hydrogen-bond donors (Lipinski definition) is 2. The van der Waals surface area contributed by atoms with Gasteiger partial charge in [0, 0.05) is 12.6 Å². The Hall–Kier alpha value is -0.130. The van der Waals surface area contributed by atoms with E-state index in [1.807, 2.05) is 0 Å². The average Bonchev–Trinajstić information content (AvgIpc) is 2.19. The van der Waals surface area contributed by atoms with Crippen LogP contribution in [0.15, 0.2) is 0 Å². The maximum absolute atomic E-state index is 11.3. The smallest absolute Gasteiger partial charge is 0.211 e. The van der Waals surface area contributed by atoms with Crippen LogP contribution in [0, 0.1) is 5.92 Å². The Morgan fingerprint density at radius 1 is 1.29 bits per heavy atom. The highest BCUT2D eigenvalue weighted by molar-refractivity contribution is 7.89. The molecule has 0 spiro atoms. The van der Waals surface area contributed by atoms with E-state index in [0.29, 0.717) is 5.92 Å². The predicted molar refractivity (Wildman–Crippen MR) is 55.4 cm³/mol. The molecule has 14 heavy (non-hydrogen) atoms. The fourth-order valence-corrected chi connectivity index (χ4v) is 2.71. The van der Waals surface area contributed by atoms with Crippen molar-refractivity contribution in [2.24, 2.45) is 5.92 Å². The lowest BCUT2D eigenvalue weighted by Crippen LogP contribution is -2.38. The van der Waals surface area contributed by atoms with Gasteiger partial charge in [-0.25, -0.2) is 13.1 Å². The molecule has 4 nitrogen and oxygen atoms in total. The van der Waals surface area contributed by atoms with Gasteiger partial charge in [-0.3, -0.25) is 0 Å². The summed E-state index contributed by atoms with van der Waals surface area (Å²) in [6.07, 6.45) is 3.55. The number of aliphatic hydroxyl groups excluding tert-OH is 1. The third kappa shape index (κ3) is 3.55. The van der Waals surface area contributed by atoms with E-state index >= 15 is 0 Å². The van der Waals surface area contributed by atoms with Gasteiger partial charge in [0.25, 0.3) is 0 Å². The summed E-state index contributed by atoms with van der Waals surface area (Å²) in [5, 5.41) is 8.92. The van der Waals surface area contributed by atoms with Gasteiger partial charge in [-0.1, -0.05) is 0 Å². The second-order valence-electron chi connectivity index (χ2n) is 3.92. The number of nitrogens with one attached hydrogen (secondary N) is 1. The molecule has 1 aliphatic carbocycles. The van der Waals surface area contributed by atoms with Crippen LogP contribution >= 0.6 is 0 Å². The first-order valence-corrected chi connectivity index (χ1v) is 6.83. The van der Waals surface area contributed by atoms with Crippen molar-refractivity contribution in [1.29, 1.82) is 0 Å². The SMILES string of the molecule is CCS(=O)(=O)N[C@H]1CC[C@H](CO)CC1. The van der Waals surface area contributed by atoms with Gasteiger partial charge >= 0.3 is 0 Å². The zero-order valence-corrected chi connectivity index (χ0v) is 9.39. The van der Waals surface area contributed by atoms with Crippen molar-refractivity contribution < 1.29 is 13.5 Å². The van der Waals surface area contributed by atoms with Gasteiger partial charge in [0.1, 0.15) is 0 Å². The molecule has 0 radical (unpaired) electrons. The highest BCUT2D eigenvalue weighted by Crippen LogP contribution is 2.23. The summed E-state index contributed by atoms with van der Waals surface area (Å²) >= 11 is 0. The zero-order valence-electron chi connectivity index (χ0n) is 8.57. The van der Waals surface area contributed by atoms with Gasteiger partial charge in [-0.05, 0) is 38.5 Å². The van der Waals surface area contributed by atoms with Crippen molar-refractivity contribution in [3.63, 3.8) is 0 Å². The summed E-state index contributed by atoms with van der Waals surface area (Å²) in [7, 11) is -3.06. The highest BCUT2D eigenvalue weighted by atomic mass is 32.2. The van der Waals surface area contributed by atoms with Crippen LogP contribution in [0.1, 0.15) is 32.6 Å². The predicted octanol–water partition coefficient (Wildman–Crippen LogP) is 0.477. The third-order valence-corrected chi connectivity index (χ3v) is 4.28. The minimum absolute atomic E-state index is 0.0859. The molecule has 1 saturated carbocycles. The molecule has 0 heterocycles. The third-order valence-electron chi connectivity index (χ3n) is 2.83. The maximum Gasteiger partial charge on any atom is 0.211 e. The van der Waals surface area contributed by atoms with Gasteiger partial charge in [0.05, 0.1) is 5.75 Å². The van der Waals surface area contributed by atoms with Crippen molar-refractivity contribution in [2.75, 3.05) is 12.4 Å². The van der Waals surface area contributed by atoms with E-state index < -0.39 is 10.0 Å². The van der Waals surface area contributed by atoms with Crippen molar-refractivity contribution in [3.8, 4) is 0 Å². The molecule has 5 heteroatoms. The number of rotatable bonds is 4. The lowest BCUT2D eigenvalue weighted by molar-refractivity contribution is 0.180. The zero-order chi connectivity index (χ0) is 10.6. The molecule has 0 saturated heterocycles. The minimum Gasteiger partial charge on any atom is -0.396 e. The summed E-state index contributed by atoms with van der Waals surface area (Å²) in [4.78, 5) is 0. The normalized spacial score (nSPS) is 29.0. The molecule has 0 aromatic heterocycles. The van der Waals surface area contributed by atoms with Gasteiger partial charge in [0.15, 0.2) is 0 Å². The summed E-state index contributed by atoms with van der Waals surface area (Å²) in [5.74, 6) is 0.518. The first-order valence-electron chi connectivity index (χ1n) is 5.18. The molecule has 0 aromatic carbocycles. The molecule has 84 valence electrons. The topological polar surface area (TPSA) is 66.4 Å². The Morgan fingerprint density at radius 2 is 1.86 bits per heavy atom. The van der Waals surface area contributed by atoms with Crippen LogP contribution in [0.5, 0.6) is 0 Å². The Morgan fingerprint density at radius 3 is 2.29 bits per heavy atom. The molecule has 1 fully saturated rings. The molecule has 0 aliphatic heterocycles. The first-order chi connectivity index (χ1) is 6.57. The fraction of sp³-hybridized carbons (Fsp3) is 1.00. The lowest BCUT2D eigenvalue weighted by Gasteiger charge is -2.27. The van der Waals surface area contributed by atoms with E-state index in [2.05, 4.69) is 4.72 Å². The largest absolute Gasteiger partial charge is 0.396 e. The molecule has 0 amide bonds. The van der Waals surface area contributed by atoms with Gasteiger partial charge in [-0.15, -0.1) is 0 Å². The Bertz CT molecular complexity index is 255. The summed E-state index contributed by atoms with van der Waals surface area (Å²) in [6, 6.07) is 0.0859. The second-order valence-corrected chi connectivity index (χ2v) is 5.96. The minimum atomic E-state index is -3.06. The fourth-order valence-electron chi connectivity index (χ4n) is 1.80. The molecule has 1 rings (SSSR count). The van der Waals surface area contributed by atoms with E-state index in [9.17, 15) is 8.42 Å². The van der Waals surface area contributed by atoms with Gasteiger partial charge in [0.2, 0.25) is 10.0 Å². The molecule has 1 aliphatic rings. The van der Waals surface area contributed by atoms with E-state index in [1.165, 1.54) is 0 Å². The van der Waals surface area contributed by atoms with Crippen LogP contribution in [-0.4, -0.2) is 31.9 Å². The van der Waals surface area contributed by atoms with Crippen LogP contribution in [0.2, 0.25) is 0 Å². The van der Waals surface area contributed by atoms with Crippen LogP contribution in [-0.2, 0) is 10.0 Å². The molecular formula is C9H19NO3S. The lowest BCUT2D eigenvalue weighted by atomic mass is 9.87. The van der Waals surface area contributed by atoms with Gasteiger partial charge in [-0.2, -0.15) is 0 Å². The number of sulfonamides is 1. The quantitative estimate of drug-likeness (QED) is 0.725. The van der Waals surface area contributed by atoms with Crippen LogP contribution in [0.3, 0.4) is 0 Å². The maximum atomic E-state index is 11.3. The van der Waals surface area contributed by atoms with E-state index in [-0.39, 0.29) is 18.4 Å². The molecule has 0 unspecified atom stereocenters. The monoisotopic (exact) mass is 221 g/mol. The van der Waals surface area contributed by atoms with Crippen LogP contribution in [0.4, 0.5) is 0 Å². The van der Waals surface area contributed by atoms with E-state index in [0.717, 1.165) is 25.7 Å². The van der Waals surface area contributed by atoms with E-state index in [4.69, 9.17) is 5.11 Å². The van der Waals surface area contributed by atoms with Crippen molar-refractivity contribution in [2.45, 2.75) is 38.6 Å². The summed E-state index contributed by atoms with van der Waals surface area (Å²) in [6.45, 7) is 1.87. The molecule has 0 atom stereocenters. The van der Waals surface area contributed by atoms with Crippen LogP contribution < -0.4 is 4.72 Å². The number of hydrogen-bond acceptors (Lipinski definition) is 3. The van der Waals surface area contributed by atoms with Crippen molar-refractivity contribution in [3.05, 3.63) is 0 Å². The highest BCUT2D eigenvalue weighted by Gasteiger charge is 2.23. The van der Waals surface area contributed by atoms with Gasteiger partial charge < -0.3 is 5.11 Å². The Labute approximate surface area is 85.8 Å². The molecular weight excluding hydrogens is 202 g/mol. The van der Waals surface area contributed by atoms with Crippen LogP contribution in [0.25, 0.3) is 0 Å². The number of aliphatic hydroxyl groups is 1. The summed E-state index contributed by atoms with van der Waals surface area (Å²) < 4.78 is 25.2. The standard InChI is InChI=1S/C9H19NO3S/c1-2-14(12,13)10-9-5-3-8(7-11)4-6-9/h8-11H,2-7H2,1H3/t8-,9-. The van der Waals surface area contributed by atoms with Crippen molar-refractivity contribution >= 4 is 10.0 Å². The second kappa shape index (κ2) is 5.09. The Kier molecular flexibility index (Phi) is 4.34. The molecule has 2 N–H and O–H groups in total. The Balaban J connectivity index is 2.36. The first kappa shape index (κ1) is 11.9. The molecule has 0 bridgehead atoms. The average molecular weight is 221 g/mol. The molecule has 0 aromatic rings.